The van der Waals surface area contributed by atoms with Crippen LogP contribution in [0.5, 0.6) is 0 Å². The largest absolute Gasteiger partial charge is 0.279 e. The number of aliphatic imine (C=N–C) groups is 1. The molecule has 23 heavy (non-hydrogen) atoms. The van der Waals surface area contributed by atoms with Crippen molar-refractivity contribution in [2.45, 2.75) is 13.5 Å². The summed E-state index contributed by atoms with van der Waals surface area (Å²) in [6.07, 6.45) is 1.87. The third-order valence-electron chi connectivity index (χ3n) is 3.93. The Hall–Kier alpha value is -2.52. The number of benzene rings is 2. The fraction of sp³-hybridized carbons (Fsp3) is 0.105. The van der Waals surface area contributed by atoms with E-state index in [4.69, 9.17) is 16.6 Å². The molecule has 0 saturated heterocycles. The molecule has 0 atom stereocenters. The third-order valence-corrected chi connectivity index (χ3v) is 4.17. The van der Waals surface area contributed by atoms with Gasteiger partial charge in [0.1, 0.15) is 5.82 Å². The first-order valence-electron chi connectivity index (χ1n) is 7.45. The lowest BCUT2D eigenvalue weighted by molar-refractivity contribution is 0.981. The van der Waals surface area contributed by atoms with E-state index in [0.717, 1.165) is 39.5 Å². The van der Waals surface area contributed by atoms with E-state index in [0.29, 0.717) is 11.6 Å². The Morgan fingerprint density at radius 2 is 1.83 bits per heavy atom. The van der Waals surface area contributed by atoms with Crippen LogP contribution in [0.25, 0.3) is 11.3 Å². The molecule has 4 rings (SSSR count). The van der Waals surface area contributed by atoms with Crippen molar-refractivity contribution < 1.29 is 0 Å². The van der Waals surface area contributed by atoms with Crippen LogP contribution >= 0.6 is 11.6 Å². The van der Waals surface area contributed by atoms with Crippen LogP contribution in [0, 0.1) is 6.92 Å². The molecule has 0 aliphatic carbocycles. The van der Waals surface area contributed by atoms with Crippen molar-refractivity contribution in [1.29, 1.82) is 0 Å². The summed E-state index contributed by atoms with van der Waals surface area (Å²) in [5.41, 5.74) is 6.06. The first-order valence-corrected chi connectivity index (χ1v) is 7.83. The van der Waals surface area contributed by atoms with E-state index in [1.165, 1.54) is 0 Å². The van der Waals surface area contributed by atoms with E-state index in [-0.39, 0.29) is 0 Å². The second-order valence-corrected chi connectivity index (χ2v) is 5.95. The van der Waals surface area contributed by atoms with Crippen molar-refractivity contribution in [3.05, 3.63) is 82.3 Å². The number of hydrogen-bond acceptors (Lipinski definition) is 3. The molecule has 2 aromatic carbocycles. The van der Waals surface area contributed by atoms with Gasteiger partial charge in [-0.25, -0.2) is 9.97 Å². The van der Waals surface area contributed by atoms with E-state index < -0.39 is 0 Å². The Bertz CT molecular complexity index is 917. The molecule has 112 valence electrons. The fourth-order valence-electron chi connectivity index (χ4n) is 2.85. The molecule has 1 aliphatic heterocycles. The average Bonchev–Trinajstić information content (AvgIpc) is 2.72. The van der Waals surface area contributed by atoms with Gasteiger partial charge in [0, 0.05) is 33.5 Å². The predicted octanol–water partition coefficient (Wildman–Crippen LogP) is 4.46. The van der Waals surface area contributed by atoms with Gasteiger partial charge in [0.05, 0.1) is 18.0 Å². The molecule has 0 fully saturated rings. The summed E-state index contributed by atoms with van der Waals surface area (Å²) in [5.74, 6) is 0.757. The zero-order chi connectivity index (χ0) is 15.8. The topological polar surface area (TPSA) is 38.1 Å². The highest BCUT2D eigenvalue weighted by Crippen LogP contribution is 2.32. The summed E-state index contributed by atoms with van der Waals surface area (Å²) in [7, 11) is 0. The number of aryl methyl sites for hydroxylation is 1. The van der Waals surface area contributed by atoms with Gasteiger partial charge in [0.2, 0.25) is 0 Å². The molecule has 0 amide bonds. The highest BCUT2D eigenvalue weighted by molar-refractivity contribution is 6.31. The summed E-state index contributed by atoms with van der Waals surface area (Å²) < 4.78 is 0. The van der Waals surface area contributed by atoms with Gasteiger partial charge in [-0.15, -0.1) is 0 Å². The maximum absolute atomic E-state index is 6.25. The second-order valence-electron chi connectivity index (χ2n) is 5.51. The molecule has 0 saturated carbocycles. The Morgan fingerprint density at radius 3 is 2.65 bits per heavy atom. The van der Waals surface area contributed by atoms with Crippen LogP contribution in [0.2, 0.25) is 5.02 Å². The third kappa shape index (κ3) is 2.53. The number of rotatable bonds is 1. The highest BCUT2D eigenvalue weighted by Gasteiger charge is 2.20. The van der Waals surface area contributed by atoms with Gasteiger partial charge in [-0.2, -0.15) is 0 Å². The minimum atomic E-state index is 0.562. The van der Waals surface area contributed by atoms with Crippen molar-refractivity contribution in [2.75, 3.05) is 0 Å². The van der Waals surface area contributed by atoms with Gasteiger partial charge in [-0.1, -0.05) is 48.0 Å². The van der Waals surface area contributed by atoms with Crippen molar-refractivity contribution in [3.63, 3.8) is 0 Å². The smallest absolute Gasteiger partial charge is 0.125 e. The van der Waals surface area contributed by atoms with Crippen LogP contribution in [0.15, 0.2) is 59.7 Å². The first-order chi connectivity index (χ1) is 11.2. The van der Waals surface area contributed by atoms with Gasteiger partial charge in [-0.05, 0) is 19.1 Å². The lowest BCUT2D eigenvalue weighted by Gasteiger charge is -2.11. The number of fused-ring (bicyclic) bond motifs is 3. The van der Waals surface area contributed by atoms with E-state index in [1.807, 2.05) is 49.5 Å². The summed E-state index contributed by atoms with van der Waals surface area (Å²) in [4.78, 5) is 13.8. The number of hydrogen-bond donors (Lipinski definition) is 0. The minimum Gasteiger partial charge on any atom is -0.279 e. The zero-order valence-electron chi connectivity index (χ0n) is 12.6. The van der Waals surface area contributed by atoms with Crippen molar-refractivity contribution in [3.8, 4) is 11.3 Å². The standard InChI is InChI=1S/C19H14ClN3/c1-12-21-10-14-11-22-18(13-5-3-2-4-6-13)17-9-15(20)7-8-16(17)19(14)23-12/h2-10H,11H2,1H3. The molecule has 2 heterocycles. The SMILES string of the molecule is Cc1ncc2c(n1)-c1ccc(Cl)cc1C(c1ccccc1)=NC2. The van der Waals surface area contributed by atoms with E-state index in [1.54, 1.807) is 0 Å². The van der Waals surface area contributed by atoms with Gasteiger partial charge in [-0.3, -0.25) is 4.99 Å². The molecule has 1 aliphatic rings. The van der Waals surface area contributed by atoms with E-state index in [2.05, 4.69) is 22.1 Å². The molecule has 4 heteroatoms. The van der Waals surface area contributed by atoms with Crippen LogP contribution in [-0.4, -0.2) is 15.7 Å². The molecule has 0 bridgehead atoms. The fourth-order valence-corrected chi connectivity index (χ4v) is 3.03. The zero-order valence-corrected chi connectivity index (χ0v) is 13.4. The normalized spacial score (nSPS) is 12.9. The average molecular weight is 320 g/mol. The predicted molar refractivity (Wildman–Crippen MR) is 93.0 cm³/mol. The summed E-state index contributed by atoms with van der Waals surface area (Å²) >= 11 is 6.25. The number of aromatic nitrogens is 2. The molecule has 3 aromatic rings. The maximum atomic E-state index is 6.25. The first kappa shape index (κ1) is 14.1. The Labute approximate surface area is 139 Å². The molecule has 3 nitrogen and oxygen atoms in total. The monoisotopic (exact) mass is 319 g/mol. The molecular weight excluding hydrogens is 306 g/mol. The van der Waals surface area contributed by atoms with Crippen LogP contribution in [0.1, 0.15) is 22.5 Å². The summed E-state index contributed by atoms with van der Waals surface area (Å²) in [6.45, 7) is 2.46. The van der Waals surface area contributed by atoms with Crippen LogP contribution in [0.4, 0.5) is 0 Å². The second kappa shape index (κ2) is 5.60. The molecule has 0 spiro atoms. The van der Waals surface area contributed by atoms with Gasteiger partial charge in [0.25, 0.3) is 0 Å². The Kier molecular flexibility index (Phi) is 3.43. The van der Waals surface area contributed by atoms with Gasteiger partial charge in [0.15, 0.2) is 0 Å². The maximum Gasteiger partial charge on any atom is 0.125 e. The molecule has 0 N–H and O–H groups in total. The van der Waals surface area contributed by atoms with Crippen LogP contribution in [0.3, 0.4) is 0 Å². The molecule has 0 radical (unpaired) electrons. The summed E-state index contributed by atoms with van der Waals surface area (Å²) in [6, 6.07) is 16.1. The van der Waals surface area contributed by atoms with Crippen LogP contribution in [-0.2, 0) is 6.54 Å². The summed E-state index contributed by atoms with van der Waals surface area (Å²) in [5, 5.41) is 0.696. The molecule has 1 aromatic heterocycles. The lowest BCUT2D eigenvalue weighted by atomic mass is 9.95. The molecule has 0 unspecified atom stereocenters. The van der Waals surface area contributed by atoms with Gasteiger partial charge >= 0.3 is 0 Å². The minimum absolute atomic E-state index is 0.562. The van der Waals surface area contributed by atoms with Crippen molar-refractivity contribution >= 4 is 17.3 Å². The number of nitrogens with zero attached hydrogens (tertiary/aromatic N) is 3. The Balaban J connectivity index is 2.01. The Morgan fingerprint density at radius 1 is 1.00 bits per heavy atom. The van der Waals surface area contributed by atoms with E-state index in [9.17, 15) is 0 Å². The number of halogens is 1. The highest BCUT2D eigenvalue weighted by atomic mass is 35.5. The van der Waals surface area contributed by atoms with Crippen molar-refractivity contribution in [2.24, 2.45) is 4.99 Å². The lowest BCUT2D eigenvalue weighted by Crippen LogP contribution is -2.04. The van der Waals surface area contributed by atoms with E-state index >= 15 is 0 Å². The van der Waals surface area contributed by atoms with Crippen LogP contribution < -0.4 is 0 Å². The van der Waals surface area contributed by atoms with Gasteiger partial charge < -0.3 is 0 Å². The molecular formula is C19H14ClN3. The quantitative estimate of drug-likeness (QED) is 0.664. The van der Waals surface area contributed by atoms with Crippen molar-refractivity contribution in [1.82, 2.24) is 9.97 Å².